The lowest BCUT2D eigenvalue weighted by Crippen LogP contribution is -2.41. The topological polar surface area (TPSA) is 71.2 Å². The number of amides is 1. The van der Waals surface area contributed by atoms with Gasteiger partial charge in [-0.2, -0.15) is 0 Å². The lowest BCUT2D eigenvalue weighted by molar-refractivity contribution is 0.0603. The number of piperidine rings is 1. The molecule has 2 rings (SSSR count). The van der Waals surface area contributed by atoms with Crippen LogP contribution in [0.15, 0.2) is 18.2 Å². The van der Waals surface area contributed by atoms with E-state index in [1.54, 1.807) is 18.2 Å². The van der Waals surface area contributed by atoms with Gasteiger partial charge in [0.15, 0.2) is 0 Å². The third kappa shape index (κ3) is 3.28. The van der Waals surface area contributed by atoms with Crippen LogP contribution in [0.25, 0.3) is 0 Å². The minimum absolute atomic E-state index is 0.00513. The summed E-state index contributed by atoms with van der Waals surface area (Å²) in [7, 11) is 0. The lowest BCUT2D eigenvalue weighted by Gasteiger charge is -2.38. The second-order valence-corrected chi connectivity index (χ2v) is 6.48. The van der Waals surface area contributed by atoms with E-state index in [-0.39, 0.29) is 5.91 Å². The van der Waals surface area contributed by atoms with Gasteiger partial charge in [-0.05, 0) is 36.3 Å². The molecule has 3 N–H and O–H groups in total. The summed E-state index contributed by atoms with van der Waals surface area (Å²) in [6, 6.07) is 5.26. The first-order valence-electron chi connectivity index (χ1n) is 7.15. The van der Waals surface area contributed by atoms with Crippen LogP contribution in [0.4, 0.5) is 5.82 Å². The molecule has 1 aromatic rings. The number of pyridine rings is 1. The second-order valence-electron chi connectivity index (χ2n) is 6.48. The number of nitrogens with zero attached hydrogens (tertiary/aromatic N) is 2. The van der Waals surface area contributed by atoms with E-state index in [4.69, 9.17) is 5.84 Å². The molecule has 0 radical (unpaired) electrons. The number of hydrogen-bond acceptors (Lipinski definition) is 4. The van der Waals surface area contributed by atoms with Crippen LogP contribution in [0.2, 0.25) is 0 Å². The smallest absolute Gasteiger partial charge is 0.272 e. The van der Waals surface area contributed by atoms with Crippen molar-refractivity contribution >= 4 is 11.7 Å². The number of carbonyl (C=O) groups excluding carboxylic acids is 1. The van der Waals surface area contributed by atoms with Gasteiger partial charge >= 0.3 is 0 Å². The molecule has 0 bridgehead atoms. The molecule has 1 aliphatic heterocycles. The normalized spacial score (nSPS) is 17.1. The van der Waals surface area contributed by atoms with Crippen molar-refractivity contribution in [2.45, 2.75) is 33.6 Å². The molecule has 0 atom stereocenters. The Morgan fingerprint density at radius 3 is 2.55 bits per heavy atom. The van der Waals surface area contributed by atoms with Crippen molar-refractivity contribution in [3.63, 3.8) is 0 Å². The largest absolute Gasteiger partial charge is 0.337 e. The molecule has 5 heteroatoms. The fourth-order valence-corrected chi connectivity index (χ4v) is 2.74. The van der Waals surface area contributed by atoms with Crippen molar-refractivity contribution in [1.82, 2.24) is 9.88 Å². The highest BCUT2D eigenvalue weighted by molar-refractivity contribution is 5.92. The summed E-state index contributed by atoms with van der Waals surface area (Å²) in [6.07, 6.45) is 2.12. The maximum Gasteiger partial charge on any atom is 0.272 e. The number of nitrogen functional groups attached to an aromatic ring is 1. The van der Waals surface area contributed by atoms with E-state index >= 15 is 0 Å². The fraction of sp³-hybridized carbons (Fsp3) is 0.600. The first-order chi connectivity index (χ1) is 9.41. The highest BCUT2D eigenvalue weighted by Gasteiger charge is 2.30. The fourth-order valence-electron chi connectivity index (χ4n) is 2.74. The second kappa shape index (κ2) is 5.79. The number of anilines is 1. The van der Waals surface area contributed by atoms with E-state index in [0.29, 0.717) is 22.8 Å². The van der Waals surface area contributed by atoms with E-state index < -0.39 is 0 Å². The van der Waals surface area contributed by atoms with Crippen molar-refractivity contribution in [1.29, 1.82) is 0 Å². The Morgan fingerprint density at radius 2 is 2.00 bits per heavy atom. The third-order valence-electron chi connectivity index (χ3n) is 4.12. The highest BCUT2D eigenvalue weighted by atomic mass is 16.2. The molecule has 0 aromatic carbocycles. The summed E-state index contributed by atoms with van der Waals surface area (Å²) in [5, 5.41) is 0. The Kier molecular flexibility index (Phi) is 4.28. The molecule has 1 amide bonds. The lowest BCUT2D eigenvalue weighted by atomic mass is 9.75. The number of likely N-dealkylation sites (tertiary alicyclic amines) is 1. The molecule has 1 aliphatic rings. The molecular formula is C15H24N4O. The van der Waals surface area contributed by atoms with Gasteiger partial charge in [-0.25, -0.2) is 10.8 Å². The van der Waals surface area contributed by atoms with Crippen molar-refractivity contribution in [3.05, 3.63) is 23.9 Å². The highest BCUT2D eigenvalue weighted by Crippen LogP contribution is 2.34. The van der Waals surface area contributed by atoms with Crippen LogP contribution in [0.1, 0.15) is 44.1 Å². The Morgan fingerprint density at radius 1 is 1.35 bits per heavy atom. The number of nitrogens with two attached hydrogens (primary N) is 1. The zero-order chi connectivity index (χ0) is 14.8. The first-order valence-corrected chi connectivity index (χ1v) is 7.15. The van der Waals surface area contributed by atoms with Crippen LogP contribution < -0.4 is 11.3 Å². The predicted octanol–water partition coefficient (Wildman–Crippen LogP) is 2.27. The quantitative estimate of drug-likeness (QED) is 0.642. The van der Waals surface area contributed by atoms with Crippen LogP contribution in [0.3, 0.4) is 0 Å². The van der Waals surface area contributed by atoms with Gasteiger partial charge in [0.2, 0.25) is 0 Å². The van der Waals surface area contributed by atoms with E-state index in [9.17, 15) is 4.79 Å². The van der Waals surface area contributed by atoms with Gasteiger partial charge in [0.1, 0.15) is 11.5 Å². The summed E-state index contributed by atoms with van der Waals surface area (Å²) in [5.74, 6) is 6.51. The Hall–Kier alpha value is -1.62. The molecule has 110 valence electrons. The molecule has 1 aromatic heterocycles. The molecule has 0 spiro atoms. The number of rotatable bonds is 2. The number of hydrogen-bond donors (Lipinski definition) is 2. The number of carbonyl (C=O) groups is 1. The van der Waals surface area contributed by atoms with E-state index in [0.717, 1.165) is 25.9 Å². The average Bonchev–Trinajstić information content (AvgIpc) is 2.46. The summed E-state index contributed by atoms with van der Waals surface area (Å²) in [4.78, 5) is 18.5. The van der Waals surface area contributed by atoms with Crippen LogP contribution in [0.5, 0.6) is 0 Å². The molecule has 0 unspecified atom stereocenters. The Bertz CT molecular complexity index is 473. The van der Waals surface area contributed by atoms with Crippen molar-refractivity contribution in [2.75, 3.05) is 18.5 Å². The molecule has 0 aliphatic carbocycles. The SMILES string of the molecule is CC(C)(C)C1CCN(C(=O)c2cccc(NN)n2)CC1. The number of nitrogens with one attached hydrogen (secondary N) is 1. The predicted molar refractivity (Wildman–Crippen MR) is 80.1 cm³/mol. The number of aromatic nitrogens is 1. The molecule has 20 heavy (non-hydrogen) atoms. The van der Waals surface area contributed by atoms with Crippen molar-refractivity contribution in [3.8, 4) is 0 Å². The monoisotopic (exact) mass is 276 g/mol. The maximum absolute atomic E-state index is 12.4. The van der Waals surface area contributed by atoms with Gasteiger partial charge in [0.25, 0.3) is 5.91 Å². The molecular weight excluding hydrogens is 252 g/mol. The summed E-state index contributed by atoms with van der Waals surface area (Å²) in [5.41, 5.74) is 3.24. The first kappa shape index (κ1) is 14.8. The van der Waals surface area contributed by atoms with E-state index in [2.05, 4.69) is 31.2 Å². The van der Waals surface area contributed by atoms with E-state index in [1.807, 2.05) is 4.90 Å². The summed E-state index contributed by atoms with van der Waals surface area (Å²) < 4.78 is 0. The van der Waals surface area contributed by atoms with Crippen LogP contribution in [0, 0.1) is 11.3 Å². The number of hydrazine groups is 1. The minimum Gasteiger partial charge on any atom is -0.337 e. The van der Waals surface area contributed by atoms with Gasteiger partial charge in [-0.15, -0.1) is 0 Å². The van der Waals surface area contributed by atoms with Crippen molar-refractivity contribution in [2.24, 2.45) is 17.2 Å². The molecule has 0 saturated carbocycles. The van der Waals surface area contributed by atoms with Crippen LogP contribution in [-0.2, 0) is 0 Å². The van der Waals surface area contributed by atoms with Gasteiger partial charge in [0.05, 0.1) is 0 Å². The Labute approximate surface area is 120 Å². The zero-order valence-corrected chi connectivity index (χ0v) is 12.5. The van der Waals surface area contributed by atoms with Gasteiger partial charge in [-0.1, -0.05) is 26.8 Å². The maximum atomic E-state index is 12.4. The molecule has 1 saturated heterocycles. The van der Waals surface area contributed by atoms with Crippen LogP contribution >= 0.6 is 0 Å². The Balaban J connectivity index is 2.01. The zero-order valence-electron chi connectivity index (χ0n) is 12.5. The van der Waals surface area contributed by atoms with E-state index in [1.165, 1.54) is 0 Å². The van der Waals surface area contributed by atoms with Gasteiger partial charge in [-0.3, -0.25) is 4.79 Å². The van der Waals surface area contributed by atoms with Crippen molar-refractivity contribution < 1.29 is 4.79 Å². The third-order valence-corrected chi connectivity index (χ3v) is 4.12. The standard InChI is InChI=1S/C15H24N4O/c1-15(2,3)11-7-9-19(10-8-11)14(20)12-5-4-6-13(17-12)18-16/h4-6,11H,7-10,16H2,1-3H3,(H,17,18). The molecule has 1 fully saturated rings. The van der Waals surface area contributed by atoms with Gasteiger partial charge in [0, 0.05) is 13.1 Å². The minimum atomic E-state index is -0.00513. The van der Waals surface area contributed by atoms with Gasteiger partial charge < -0.3 is 10.3 Å². The summed E-state index contributed by atoms with van der Waals surface area (Å²) >= 11 is 0. The molecule has 2 heterocycles. The molecule has 5 nitrogen and oxygen atoms in total. The summed E-state index contributed by atoms with van der Waals surface area (Å²) in [6.45, 7) is 8.43. The average molecular weight is 276 g/mol. The van der Waals surface area contributed by atoms with Crippen LogP contribution in [-0.4, -0.2) is 28.9 Å².